The molecule has 0 atom stereocenters. The molecule has 1 aromatic carbocycles. The predicted octanol–water partition coefficient (Wildman–Crippen LogP) is 3.68. The monoisotopic (exact) mass is 326 g/mol. The number of hydrogen-bond acceptors (Lipinski definition) is 2. The van der Waals surface area contributed by atoms with Crippen LogP contribution in [0.1, 0.15) is 16.1 Å². The maximum Gasteiger partial charge on any atom is 0.257 e. The van der Waals surface area contributed by atoms with E-state index in [2.05, 4.69) is 26.2 Å². The van der Waals surface area contributed by atoms with E-state index in [1.165, 1.54) is 12.3 Å². The van der Waals surface area contributed by atoms with Gasteiger partial charge in [0.05, 0.1) is 5.56 Å². The van der Waals surface area contributed by atoms with Crippen LogP contribution in [-0.2, 0) is 0 Å². The molecule has 19 heavy (non-hydrogen) atoms. The number of pyridine rings is 1. The number of aromatic nitrogens is 1. The molecule has 1 amide bonds. The zero-order valence-electron chi connectivity index (χ0n) is 9.88. The van der Waals surface area contributed by atoms with Crippen molar-refractivity contribution < 1.29 is 13.6 Å². The molecule has 6 heteroatoms. The second-order valence-corrected chi connectivity index (χ2v) is 4.75. The molecule has 1 N–H and O–H groups in total. The Bertz CT molecular complexity index is 623. The first kappa shape index (κ1) is 13.6. The summed E-state index contributed by atoms with van der Waals surface area (Å²) in [5, 5.41) is 2.21. The quantitative estimate of drug-likeness (QED) is 0.914. The number of anilines is 1. The van der Waals surface area contributed by atoms with Gasteiger partial charge in [0.1, 0.15) is 5.69 Å². The number of nitrogens with zero attached hydrogens (tertiary/aromatic N) is 1. The van der Waals surface area contributed by atoms with E-state index in [0.29, 0.717) is 5.69 Å². The smallest absolute Gasteiger partial charge is 0.257 e. The van der Waals surface area contributed by atoms with Crippen molar-refractivity contribution in [3.8, 4) is 0 Å². The molecule has 0 aliphatic rings. The second kappa shape index (κ2) is 5.44. The first-order valence-electron chi connectivity index (χ1n) is 5.36. The number of aryl methyl sites for hydroxylation is 1. The lowest BCUT2D eigenvalue weighted by molar-refractivity contribution is 0.102. The van der Waals surface area contributed by atoms with Crippen LogP contribution in [0.3, 0.4) is 0 Å². The van der Waals surface area contributed by atoms with Gasteiger partial charge in [0.25, 0.3) is 5.91 Å². The molecule has 2 aromatic rings. The third kappa shape index (κ3) is 2.96. The molecule has 2 rings (SSSR count). The molecule has 98 valence electrons. The van der Waals surface area contributed by atoms with Gasteiger partial charge in [-0.25, -0.2) is 8.78 Å². The van der Waals surface area contributed by atoms with Gasteiger partial charge >= 0.3 is 0 Å². The molecule has 1 aromatic heterocycles. The zero-order chi connectivity index (χ0) is 14.0. The summed E-state index contributed by atoms with van der Waals surface area (Å²) in [6.07, 6.45) is 1.53. The van der Waals surface area contributed by atoms with Gasteiger partial charge in [-0.05, 0) is 31.2 Å². The van der Waals surface area contributed by atoms with E-state index < -0.39 is 23.2 Å². The number of hydrogen-bond donors (Lipinski definition) is 1. The minimum Gasteiger partial charge on any atom is -0.317 e. The second-order valence-electron chi connectivity index (χ2n) is 3.83. The molecule has 0 bridgehead atoms. The highest BCUT2D eigenvalue weighted by molar-refractivity contribution is 9.10. The summed E-state index contributed by atoms with van der Waals surface area (Å²) in [7, 11) is 0. The SMILES string of the molecule is Cc1ncccc1C(=O)Nc1c(F)cc(Br)cc1F. The standard InChI is InChI=1S/C13H9BrF2N2O/c1-7-9(3-2-4-17-7)13(19)18-12-10(15)5-8(14)6-11(12)16/h2-6H,1H3,(H,18,19). The van der Waals surface area contributed by atoms with Gasteiger partial charge < -0.3 is 5.32 Å². The van der Waals surface area contributed by atoms with Crippen molar-refractivity contribution in [3.05, 3.63) is 57.8 Å². The van der Waals surface area contributed by atoms with E-state index in [1.54, 1.807) is 13.0 Å². The van der Waals surface area contributed by atoms with Crippen LogP contribution in [0.4, 0.5) is 14.5 Å². The fourth-order valence-electron chi connectivity index (χ4n) is 1.57. The van der Waals surface area contributed by atoms with Crippen molar-refractivity contribution >= 4 is 27.5 Å². The molecule has 0 unspecified atom stereocenters. The number of rotatable bonds is 2. The predicted molar refractivity (Wildman–Crippen MR) is 71.0 cm³/mol. The average Bonchev–Trinajstić information content (AvgIpc) is 2.34. The molecule has 0 aliphatic heterocycles. The molecular formula is C13H9BrF2N2O. The zero-order valence-corrected chi connectivity index (χ0v) is 11.5. The highest BCUT2D eigenvalue weighted by Gasteiger charge is 2.16. The van der Waals surface area contributed by atoms with Crippen LogP contribution in [0.5, 0.6) is 0 Å². The maximum absolute atomic E-state index is 13.6. The number of nitrogens with one attached hydrogen (secondary N) is 1. The molecule has 0 spiro atoms. The minimum atomic E-state index is -0.846. The van der Waals surface area contributed by atoms with Gasteiger partial charge in [-0.15, -0.1) is 0 Å². The summed E-state index contributed by atoms with van der Waals surface area (Å²) in [5.74, 6) is -2.30. The van der Waals surface area contributed by atoms with E-state index in [4.69, 9.17) is 0 Å². The van der Waals surface area contributed by atoms with Crippen LogP contribution >= 0.6 is 15.9 Å². The van der Waals surface area contributed by atoms with Crippen molar-refractivity contribution in [2.75, 3.05) is 5.32 Å². The summed E-state index contributed by atoms with van der Waals surface area (Å²) in [5.41, 5.74) is 0.276. The Morgan fingerprint density at radius 2 is 1.95 bits per heavy atom. The Hall–Kier alpha value is -1.82. The lowest BCUT2D eigenvalue weighted by Gasteiger charge is -2.09. The number of carbonyl (C=O) groups is 1. The van der Waals surface area contributed by atoms with Crippen molar-refractivity contribution in [2.45, 2.75) is 6.92 Å². The lowest BCUT2D eigenvalue weighted by atomic mass is 10.2. The summed E-state index contributed by atoms with van der Waals surface area (Å²) in [4.78, 5) is 15.9. The topological polar surface area (TPSA) is 42.0 Å². The number of halogens is 3. The maximum atomic E-state index is 13.6. The Kier molecular flexibility index (Phi) is 3.90. The van der Waals surface area contributed by atoms with Gasteiger partial charge in [-0.3, -0.25) is 9.78 Å². The summed E-state index contributed by atoms with van der Waals surface area (Å²) >= 11 is 2.97. The fraction of sp³-hybridized carbons (Fsp3) is 0.0769. The van der Waals surface area contributed by atoms with E-state index in [9.17, 15) is 13.6 Å². The van der Waals surface area contributed by atoms with Crippen molar-refractivity contribution in [1.82, 2.24) is 4.98 Å². The largest absolute Gasteiger partial charge is 0.317 e. The van der Waals surface area contributed by atoms with Crippen molar-refractivity contribution in [3.63, 3.8) is 0 Å². The molecule has 1 heterocycles. The van der Waals surface area contributed by atoms with Crippen LogP contribution in [0.15, 0.2) is 34.9 Å². The van der Waals surface area contributed by atoms with Crippen molar-refractivity contribution in [2.24, 2.45) is 0 Å². The normalized spacial score (nSPS) is 10.3. The molecule has 3 nitrogen and oxygen atoms in total. The van der Waals surface area contributed by atoms with Gasteiger partial charge in [0, 0.05) is 16.4 Å². The molecule has 0 saturated heterocycles. The molecule has 0 radical (unpaired) electrons. The van der Waals surface area contributed by atoms with E-state index in [1.807, 2.05) is 0 Å². The van der Waals surface area contributed by atoms with Gasteiger partial charge in [0.15, 0.2) is 11.6 Å². The van der Waals surface area contributed by atoms with E-state index >= 15 is 0 Å². The number of benzene rings is 1. The Balaban J connectivity index is 2.32. The third-order valence-electron chi connectivity index (χ3n) is 2.50. The highest BCUT2D eigenvalue weighted by atomic mass is 79.9. The summed E-state index contributed by atoms with van der Waals surface area (Å²) < 4.78 is 27.4. The number of carbonyl (C=O) groups excluding carboxylic acids is 1. The average molecular weight is 327 g/mol. The third-order valence-corrected chi connectivity index (χ3v) is 2.95. The van der Waals surface area contributed by atoms with Crippen LogP contribution in [0, 0.1) is 18.6 Å². The molecule has 0 aliphatic carbocycles. The van der Waals surface area contributed by atoms with Crippen LogP contribution in [0.2, 0.25) is 0 Å². The Labute approximate surface area is 116 Å². The van der Waals surface area contributed by atoms with E-state index in [-0.39, 0.29) is 10.0 Å². The Morgan fingerprint density at radius 1 is 1.32 bits per heavy atom. The summed E-state index contributed by atoms with van der Waals surface area (Å²) in [6, 6.07) is 5.27. The lowest BCUT2D eigenvalue weighted by Crippen LogP contribution is -2.16. The number of amides is 1. The van der Waals surface area contributed by atoms with Gasteiger partial charge in [-0.2, -0.15) is 0 Å². The van der Waals surface area contributed by atoms with Gasteiger partial charge in [0.2, 0.25) is 0 Å². The first-order chi connectivity index (χ1) is 8.99. The first-order valence-corrected chi connectivity index (χ1v) is 6.16. The summed E-state index contributed by atoms with van der Waals surface area (Å²) in [6.45, 7) is 1.64. The van der Waals surface area contributed by atoms with Crippen LogP contribution in [0.25, 0.3) is 0 Å². The molecular weight excluding hydrogens is 318 g/mol. The van der Waals surface area contributed by atoms with Crippen LogP contribution < -0.4 is 5.32 Å². The minimum absolute atomic E-state index is 0.262. The van der Waals surface area contributed by atoms with E-state index in [0.717, 1.165) is 12.1 Å². The molecule has 0 saturated carbocycles. The highest BCUT2D eigenvalue weighted by Crippen LogP contribution is 2.24. The van der Waals surface area contributed by atoms with Gasteiger partial charge in [-0.1, -0.05) is 15.9 Å². The van der Waals surface area contributed by atoms with Crippen LogP contribution in [-0.4, -0.2) is 10.9 Å². The molecule has 0 fully saturated rings. The Morgan fingerprint density at radius 3 is 2.53 bits per heavy atom. The van der Waals surface area contributed by atoms with Crippen molar-refractivity contribution in [1.29, 1.82) is 0 Å². The fourth-order valence-corrected chi connectivity index (χ4v) is 1.97.